The second-order valence-corrected chi connectivity index (χ2v) is 3.00. The van der Waals surface area contributed by atoms with Crippen molar-refractivity contribution in [3.63, 3.8) is 0 Å². The Morgan fingerprint density at radius 3 is 2.25 bits per heavy atom. The van der Waals surface area contributed by atoms with E-state index < -0.39 is 12.4 Å². The van der Waals surface area contributed by atoms with Crippen LogP contribution < -0.4 is 0 Å². The van der Waals surface area contributed by atoms with E-state index in [1.807, 2.05) is 0 Å². The minimum absolute atomic E-state index is 0.0150. The lowest BCUT2D eigenvalue weighted by Gasteiger charge is -2.25. The van der Waals surface area contributed by atoms with E-state index >= 15 is 0 Å². The molecule has 5 heteroatoms. The van der Waals surface area contributed by atoms with Crippen LogP contribution in [0.25, 0.3) is 0 Å². The number of Topliss-reactive ketones (excluding diaryl/α,β-unsaturated/α-hetero) is 1. The summed E-state index contributed by atoms with van der Waals surface area (Å²) in [6.45, 7) is -3.67. The smallest absolute Gasteiger partial charge is 0.445 e. The third-order valence-electron chi connectivity index (χ3n) is 2.15. The molecule has 0 spiro atoms. The van der Waals surface area contributed by atoms with Crippen LogP contribution in [-0.2, 0) is 4.79 Å². The molecular weight excluding hydrogens is 168 g/mol. The highest BCUT2D eigenvalue weighted by Crippen LogP contribution is 2.31. The Kier molecular flexibility index (Phi) is 2.30. The number of ketones is 1. The summed E-state index contributed by atoms with van der Waals surface area (Å²) in [4.78, 5) is 10.9. The molecule has 12 heavy (non-hydrogen) atoms. The standard InChI is InChI=1S/C7H9BF3O/c1-5-6(8(9,10)11)3-2-4-7(5)12/h2-4H2,1H3/q-1. The van der Waals surface area contributed by atoms with Crippen LogP contribution in [0.5, 0.6) is 0 Å². The van der Waals surface area contributed by atoms with Gasteiger partial charge < -0.3 is 12.9 Å². The van der Waals surface area contributed by atoms with E-state index in [0.717, 1.165) is 0 Å². The number of allylic oxidation sites excluding steroid dienone is 2. The van der Waals surface area contributed by atoms with E-state index in [9.17, 15) is 17.7 Å². The first kappa shape index (κ1) is 9.35. The van der Waals surface area contributed by atoms with Crippen LogP contribution in [0.15, 0.2) is 11.0 Å². The van der Waals surface area contributed by atoms with Gasteiger partial charge in [-0.3, -0.25) is 4.79 Å². The highest BCUT2D eigenvalue weighted by atomic mass is 19.4. The second kappa shape index (κ2) is 2.96. The number of carbonyl (C=O) groups is 1. The molecule has 0 aromatic rings. The molecule has 0 atom stereocenters. The first-order valence-electron chi connectivity index (χ1n) is 3.85. The van der Waals surface area contributed by atoms with Crippen molar-refractivity contribution in [1.82, 2.24) is 0 Å². The predicted molar refractivity (Wildman–Crippen MR) is 40.6 cm³/mol. The molecule has 0 aromatic carbocycles. The van der Waals surface area contributed by atoms with Crippen molar-refractivity contribution in [3.8, 4) is 0 Å². The van der Waals surface area contributed by atoms with Crippen LogP contribution >= 0.6 is 0 Å². The number of hydrogen-bond donors (Lipinski definition) is 0. The molecule has 1 rings (SSSR count). The van der Waals surface area contributed by atoms with Crippen molar-refractivity contribution in [2.24, 2.45) is 0 Å². The molecule has 0 saturated carbocycles. The van der Waals surface area contributed by atoms with Crippen molar-refractivity contribution >= 4 is 12.8 Å². The van der Waals surface area contributed by atoms with Crippen LogP contribution in [-0.4, -0.2) is 12.8 Å². The summed E-state index contributed by atoms with van der Waals surface area (Å²) in [5.74, 6) is -0.351. The molecule has 1 aliphatic carbocycles. The van der Waals surface area contributed by atoms with Gasteiger partial charge >= 0.3 is 6.98 Å². The fourth-order valence-electron chi connectivity index (χ4n) is 1.40. The summed E-state index contributed by atoms with van der Waals surface area (Å²) in [5.41, 5.74) is -0.653. The maximum atomic E-state index is 12.2. The van der Waals surface area contributed by atoms with Crippen LogP contribution in [0, 0.1) is 0 Å². The van der Waals surface area contributed by atoms with Crippen LogP contribution in [0.3, 0.4) is 0 Å². The van der Waals surface area contributed by atoms with Gasteiger partial charge in [0.05, 0.1) is 0 Å². The molecule has 0 N–H and O–H groups in total. The lowest BCUT2D eigenvalue weighted by molar-refractivity contribution is -0.116. The number of halogens is 3. The molecule has 0 saturated heterocycles. The third-order valence-corrected chi connectivity index (χ3v) is 2.15. The van der Waals surface area contributed by atoms with Crippen LogP contribution in [0.4, 0.5) is 12.9 Å². The normalized spacial score (nSPS) is 20.2. The molecule has 0 fully saturated rings. The van der Waals surface area contributed by atoms with Gasteiger partial charge in [0.1, 0.15) is 0 Å². The summed E-state index contributed by atoms with van der Waals surface area (Å²) in [7, 11) is 0. The molecule has 0 amide bonds. The Bertz CT molecular complexity index is 242. The van der Waals surface area contributed by atoms with Crippen molar-refractivity contribution in [3.05, 3.63) is 11.0 Å². The SMILES string of the molecule is CC1=C([B-](F)(F)F)CCCC1=O. The van der Waals surface area contributed by atoms with Gasteiger partial charge in [-0.15, -0.1) is 5.47 Å². The van der Waals surface area contributed by atoms with Crippen LogP contribution in [0.1, 0.15) is 26.2 Å². The van der Waals surface area contributed by atoms with Crippen LogP contribution in [0.2, 0.25) is 0 Å². The molecule has 68 valence electrons. The van der Waals surface area contributed by atoms with E-state index in [1.165, 1.54) is 6.92 Å². The minimum Gasteiger partial charge on any atom is -0.445 e. The summed E-state index contributed by atoms with van der Waals surface area (Å²) in [6, 6.07) is 0. The monoisotopic (exact) mass is 177 g/mol. The molecule has 0 unspecified atom stereocenters. The van der Waals surface area contributed by atoms with E-state index in [1.54, 1.807) is 0 Å². The molecule has 1 nitrogen and oxygen atoms in total. The Labute approximate surface area is 68.7 Å². The third kappa shape index (κ3) is 1.71. The first-order chi connectivity index (χ1) is 5.43. The largest absolute Gasteiger partial charge is 0.506 e. The minimum atomic E-state index is -4.94. The average Bonchev–Trinajstić information content (AvgIpc) is 1.92. The summed E-state index contributed by atoms with van der Waals surface area (Å²) in [6.07, 6.45) is 0.620. The summed E-state index contributed by atoms with van der Waals surface area (Å²) in [5, 5.41) is 0. The molecule has 0 heterocycles. The lowest BCUT2D eigenvalue weighted by Crippen LogP contribution is -2.25. The topological polar surface area (TPSA) is 17.1 Å². The molecule has 0 aromatic heterocycles. The van der Waals surface area contributed by atoms with Gasteiger partial charge in [-0.25, -0.2) is 0 Å². The molecule has 0 bridgehead atoms. The first-order valence-corrected chi connectivity index (χ1v) is 3.85. The van der Waals surface area contributed by atoms with Gasteiger partial charge in [-0.2, -0.15) is 0 Å². The zero-order valence-electron chi connectivity index (χ0n) is 6.74. The van der Waals surface area contributed by atoms with Crippen molar-refractivity contribution in [2.75, 3.05) is 0 Å². The Balaban J connectivity index is 3.01. The highest BCUT2D eigenvalue weighted by Gasteiger charge is 2.32. The molecule has 0 aliphatic heterocycles. The summed E-state index contributed by atoms with van der Waals surface area (Å²) < 4.78 is 36.7. The van der Waals surface area contributed by atoms with Gasteiger partial charge in [-0.1, -0.05) is 6.42 Å². The Morgan fingerprint density at radius 2 is 1.83 bits per heavy atom. The van der Waals surface area contributed by atoms with Gasteiger partial charge in [-0.05, 0) is 18.9 Å². The lowest BCUT2D eigenvalue weighted by atomic mass is 9.70. The zero-order valence-corrected chi connectivity index (χ0v) is 6.74. The van der Waals surface area contributed by atoms with E-state index in [0.29, 0.717) is 6.42 Å². The summed E-state index contributed by atoms with van der Waals surface area (Å²) >= 11 is 0. The number of hydrogen-bond acceptors (Lipinski definition) is 1. The van der Waals surface area contributed by atoms with Gasteiger partial charge in [0.25, 0.3) is 0 Å². The molecule has 0 radical (unpaired) electrons. The number of carbonyl (C=O) groups excluding carboxylic acids is 1. The van der Waals surface area contributed by atoms with Gasteiger partial charge in [0.2, 0.25) is 0 Å². The maximum absolute atomic E-state index is 12.2. The van der Waals surface area contributed by atoms with Gasteiger partial charge in [0.15, 0.2) is 5.78 Å². The van der Waals surface area contributed by atoms with E-state index in [-0.39, 0.29) is 24.2 Å². The van der Waals surface area contributed by atoms with Crippen molar-refractivity contribution < 1.29 is 17.7 Å². The predicted octanol–water partition coefficient (Wildman–Crippen LogP) is 2.44. The molecular formula is C7H9BF3O-. The Hall–Kier alpha value is -0.735. The fourth-order valence-corrected chi connectivity index (χ4v) is 1.40. The Morgan fingerprint density at radius 1 is 1.25 bits per heavy atom. The van der Waals surface area contributed by atoms with Gasteiger partial charge in [0, 0.05) is 6.42 Å². The fraction of sp³-hybridized carbons (Fsp3) is 0.571. The second-order valence-electron chi connectivity index (χ2n) is 3.00. The zero-order chi connectivity index (χ0) is 9.35. The maximum Gasteiger partial charge on any atom is 0.506 e. The number of rotatable bonds is 1. The van der Waals surface area contributed by atoms with E-state index in [2.05, 4.69) is 0 Å². The van der Waals surface area contributed by atoms with E-state index in [4.69, 9.17) is 0 Å². The van der Waals surface area contributed by atoms with Crippen molar-refractivity contribution in [1.29, 1.82) is 0 Å². The van der Waals surface area contributed by atoms with Crippen molar-refractivity contribution in [2.45, 2.75) is 26.2 Å². The average molecular weight is 177 g/mol. The quantitative estimate of drug-likeness (QED) is 0.562. The highest BCUT2D eigenvalue weighted by molar-refractivity contribution is 6.67. The molecule has 1 aliphatic rings.